The predicted octanol–water partition coefficient (Wildman–Crippen LogP) is 5.89. The van der Waals surface area contributed by atoms with E-state index in [4.69, 9.17) is 14.0 Å². The fraction of sp³-hybridized carbons (Fsp3) is 0.429. The molecule has 0 atom stereocenters. The number of anilines is 1. The van der Waals surface area contributed by atoms with Gasteiger partial charge >= 0.3 is 0 Å². The van der Waals surface area contributed by atoms with Crippen LogP contribution in [0.3, 0.4) is 0 Å². The van der Waals surface area contributed by atoms with Crippen LogP contribution in [0.4, 0.5) is 5.82 Å². The van der Waals surface area contributed by atoms with Crippen LogP contribution in [-0.4, -0.2) is 35.6 Å². The molecule has 0 amide bonds. The highest BCUT2D eigenvalue weighted by molar-refractivity contribution is 7.92. The first kappa shape index (κ1) is 26.1. The minimum Gasteiger partial charge on any atom is -0.490 e. The Morgan fingerprint density at radius 2 is 1.95 bits per heavy atom. The molecule has 10 heteroatoms. The molecule has 202 valence electrons. The first-order chi connectivity index (χ1) is 18.0. The van der Waals surface area contributed by atoms with Crippen molar-refractivity contribution in [1.82, 2.24) is 14.9 Å². The predicted molar refractivity (Wildman–Crippen MR) is 145 cm³/mol. The van der Waals surface area contributed by atoms with Crippen LogP contribution in [0.15, 0.2) is 58.2 Å². The van der Waals surface area contributed by atoms with Gasteiger partial charge in [-0.3, -0.25) is 9.40 Å². The van der Waals surface area contributed by atoms with Gasteiger partial charge in [-0.15, -0.1) is 0 Å². The summed E-state index contributed by atoms with van der Waals surface area (Å²) in [6.07, 6.45) is 6.36. The quantitative estimate of drug-likeness (QED) is 0.283. The molecule has 0 aliphatic heterocycles. The third-order valence-corrected chi connectivity index (χ3v) is 7.90. The molecule has 2 aromatic carbocycles. The van der Waals surface area contributed by atoms with E-state index in [-0.39, 0.29) is 28.3 Å². The number of hydrogen-bond donors (Lipinski definition) is 1. The standard InChI is InChI=1S/C28H34N4O5S/c1-18(2)35-23-14-19(17-32-13-7-12-29-32)15-24-26(23)27(30-37-24)31-38(33,34)25-16-20(28(3,4)5)10-11-22(25)36-21-8-6-9-21/h7,10-16,18,21H,6,8-9,17H2,1-5H3,(H,30,31). The van der Waals surface area contributed by atoms with Crippen LogP contribution in [0, 0.1) is 0 Å². The van der Waals surface area contributed by atoms with Crippen molar-refractivity contribution in [3.05, 3.63) is 59.9 Å². The van der Waals surface area contributed by atoms with Crippen LogP contribution < -0.4 is 14.2 Å². The second-order valence-corrected chi connectivity index (χ2v) is 12.7. The van der Waals surface area contributed by atoms with Gasteiger partial charge in [-0.1, -0.05) is 32.0 Å². The Kier molecular flexibility index (Phi) is 6.85. The maximum atomic E-state index is 13.8. The molecular formula is C28H34N4O5S. The Bertz CT molecular complexity index is 1530. The number of aromatic nitrogens is 3. The fourth-order valence-corrected chi connectivity index (χ4v) is 5.48. The van der Waals surface area contributed by atoms with Crippen molar-refractivity contribution >= 4 is 26.8 Å². The molecule has 0 saturated heterocycles. The molecule has 1 aliphatic carbocycles. The maximum absolute atomic E-state index is 13.8. The fourth-order valence-electron chi connectivity index (χ4n) is 4.31. The molecule has 9 nitrogen and oxygen atoms in total. The van der Waals surface area contributed by atoms with E-state index in [0.717, 1.165) is 30.4 Å². The summed E-state index contributed by atoms with van der Waals surface area (Å²) in [5.74, 6) is 0.883. The zero-order valence-corrected chi connectivity index (χ0v) is 23.2. The molecule has 1 aliphatic rings. The number of sulfonamides is 1. The van der Waals surface area contributed by atoms with Crippen molar-refractivity contribution < 1.29 is 22.4 Å². The monoisotopic (exact) mass is 538 g/mol. The molecule has 0 bridgehead atoms. The molecule has 0 radical (unpaired) electrons. The number of fused-ring (bicyclic) bond motifs is 1. The van der Waals surface area contributed by atoms with E-state index in [1.165, 1.54) is 0 Å². The van der Waals surface area contributed by atoms with Gasteiger partial charge in [0.05, 0.1) is 18.8 Å². The van der Waals surface area contributed by atoms with E-state index < -0.39 is 10.0 Å². The van der Waals surface area contributed by atoms with Crippen LogP contribution in [0.5, 0.6) is 11.5 Å². The van der Waals surface area contributed by atoms with Crippen molar-refractivity contribution in [3.63, 3.8) is 0 Å². The van der Waals surface area contributed by atoms with Crippen LogP contribution in [0.25, 0.3) is 11.0 Å². The number of nitrogens with zero attached hydrogens (tertiary/aromatic N) is 3. The second kappa shape index (κ2) is 9.98. The Labute approximate surface area is 223 Å². The molecular weight excluding hydrogens is 504 g/mol. The molecule has 5 rings (SSSR count). The van der Waals surface area contributed by atoms with Crippen LogP contribution in [0.2, 0.25) is 0 Å². The third-order valence-electron chi connectivity index (χ3n) is 6.54. The summed E-state index contributed by atoms with van der Waals surface area (Å²) in [7, 11) is -4.08. The summed E-state index contributed by atoms with van der Waals surface area (Å²) >= 11 is 0. The maximum Gasteiger partial charge on any atom is 0.266 e. The van der Waals surface area contributed by atoms with E-state index in [1.54, 1.807) is 23.0 Å². The number of hydrogen-bond acceptors (Lipinski definition) is 7. The summed E-state index contributed by atoms with van der Waals surface area (Å²) in [6.45, 7) is 10.4. The average molecular weight is 539 g/mol. The SMILES string of the molecule is CC(C)Oc1cc(Cn2cccn2)cc2onc(NS(=O)(=O)c3cc(C(C)(C)C)ccc3OC3CCC3)c12. The summed E-state index contributed by atoms with van der Waals surface area (Å²) < 4.78 is 49.8. The molecule has 1 fully saturated rings. The Morgan fingerprint density at radius 3 is 2.58 bits per heavy atom. The summed E-state index contributed by atoms with van der Waals surface area (Å²) in [6, 6.07) is 10.9. The number of rotatable bonds is 9. The molecule has 0 unspecified atom stereocenters. The molecule has 1 saturated carbocycles. The van der Waals surface area contributed by atoms with Crippen LogP contribution >= 0.6 is 0 Å². The van der Waals surface area contributed by atoms with E-state index in [9.17, 15) is 8.42 Å². The lowest BCUT2D eigenvalue weighted by Gasteiger charge is -2.28. The molecule has 0 spiro atoms. The van der Waals surface area contributed by atoms with E-state index >= 15 is 0 Å². The average Bonchev–Trinajstić information content (AvgIpc) is 3.45. The van der Waals surface area contributed by atoms with Crippen molar-refractivity contribution in [2.24, 2.45) is 0 Å². The highest BCUT2D eigenvalue weighted by Crippen LogP contribution is 2.38. The van der Waals surface area contributed by atoms with Crippen LogP contribution in [0.1, 0.15) is 65.0 Å². The minimum atomic E-state index is -4.08. The van der Waals surface area contributed by atoms with Crippen molar-refractivity contribution in [2.75, 3.05) is 4.72 Å². The van der Waals surface area contributed by atoms with Gasteiger partial charge in [-0.25, -0.2) is 8.42 Å². The zero-order valence-electron chi connectivity index (χ0n) is 22.4. The first-order valence-electron chi connectivity index (χ1n) is 12.9. The van der Waals surface area contributed by atoms with E-state index in [0.29, 0.717) is 29.0 Å². The minimum absolute atomic E-state index is 0.0246. The van der Waals surface area contributed by atoms with Crippen molar-refractivity contribution in [3.8, 4) is 11.5 Å². The number of benzene rings is 2. The zero-order chi connectivity index (χ0) is 27.1. The van der Waals surface area contributed by atoms with E-state index in [2.05, 4.69) is 15.0 Å². The molecule has 4 aromatic rings. The molecule has 2 heterocycles. The Hall–Kier alpha value is -3.53. The van der Waals surface area contributed by atoms with E-state index in [1.807, 2.05) is 65.1 Å². The Morgan fingerprint density at radius 1 is 1.16 bits per heavy atom. The van der Waals surface area contributed by atoms with Gasteiger partial charge in [0.1, 0.15) is 21.8 Å². The largest absolute Gasteiger partial charge is 0.490 e. The van der Waals surface area contributed by atoms with Crippen molar-refractivity contribution in [2.45, 2.75) is 82.9 Å². The molecule has 38 heavy (non-hydrogen) atoms. The highest BCUT2D eigenvalue weighted by Gasteiger charge is 2.29. The normalized spacial score (nSPS) is 14.6. The van der Waals surface area contributed by atoms with Gasteiger partial charge < -0.3 is 14.0 Å². The number of nitrogens with one attached hydrogen (secondary N) is 1. The lowest BCUT2D eigenvalue weighted by molar-refractivity contribution is 0.116. The molecule has 2 aromatic heterocycles. The lowest BCUT2D eigenvalue weighted by Crippen LogP contribution is -2.26. The smallest absolute Gasteiger partial charge is 0.266 e. The lowest BCUT2D eigenvalue weighted by atomic mass is 9.87. The van der Waals surface area contributed by atoms with Crippen LogP contribution in [-0.2, 0) is 22.0 Å². The van der Waals surface area contributed by atoms with Gasteiger partial charge in [0, 0.05) is 12.4 Å². The van der Waals surface area contributed by atoms with Gasteiger partial charge in [-0.05, 0) is 80.0 Å². The molecule has 1 N–H and O–H groups in total. The van der Waals surface area contributed by atoms with Gasteiger partial charge in [0.15, 0.2) is 11.4 Å². The topological polar surface area (TPSA) is 108 Å². The summed E-state index contributed by atoms with van der Waals surface area (Å²) in [4.78, 5) is 0.0783. The Balaban J connectivity index is 1.54. The first-order valence-corrected chi connectivity index (χ1v) is 14.4. The summed E-state index contributed by atoms with van der Waals surface area (Å²) in [5, 5.41) is 8.81. The van der Waals surface area contributed by atoms with Crippen molar-refractivity contribution in [1.29, 1.82) is 0 Å². The third kappa shape index (κ3) is 5.50. The second-order valence-electron chi connectivity index (χ2n) is 11.1. The number of ether oxygens (including phenoxy) is 2. The summed E-state index contributed by atoms with van der Waals surface area (Å²) in [5.41, 5.74) is 1.94. The van der Waals surface area contributed by atoms with Gasteiger partial charge in [-0.2, -0.15) is 5.10 Å². The van der Waals surface area contributed by atoms with Gasteiger partial charge in [0.25, 0.3) is 10.0 Å². The highest BCUT2D eigenvalue weighted by atomic mass is 32.2. The van der Waals surface area contributed by atoms with Gasteiger partial charge in [0.2, 0.25) is 0 Å².